The SMILES string of the molecule is CN(C)OC(=O)[C@@H](N)Cc1ccccc1. The van der Waals surface area contributed by atoms with E-state index in [0.29, 0.717) is 6.42 Å². The van der Waals surface area contributed by atoms with E-state index in [4.69, 9.17) is 10.6 Å². The standard InChI is InChI=1S/C11H16N2O2/c1-13(2)15-11(14)10(12)8-9-6-4-3-5-7-9/h3-7,10H,8,12H2,1-2H3/t10-/m0/s1. The van der Waals surface area contributed by atoms with Gasteiger partial charge in [0.2, 0.25) is 0 Å². The lowest BCUT2D eigenvalue weighted by molar-refractivity contribution is -0.179. The van der Waals surface area contributed by atoms with E-state index < -0.39 is 12.0 Å². The molecule has 1 rings (SSSR count). The normalized spacial score (nSPS) is 12.5. The van der Waals surface area contributed by atoms with Gasteiger partial charge in [0, 0.05) is 14.1 Å². The maximum Gasteiger partial charge on any atom is 0.342 e. The summed E-state index contributed by atoms with van der Waals surface area (Å²) in [7, 11) is 3.29. The van der Waals surface area contributed by atoms with Crippen molar-refractivity contribution in [2.24, 2.45) is 5.73 Å². The van der Waals surface area contributed by atoms with Crippen molar-refractivity contribution >= 4 is 5.97 Å². The van der Waals surface area contributed by atoms with Crippen LogP contribution in [-0.4, -0.2) is 31.2 Å². The van der Waals surface area contributed by atoms with E-state index in [9.17, 15) is 4.79 Å². The van der Waals surface area contributed by atoms with Gasteiger partial charge in [-0.1, -0.05) is 30.3 Å². The Labute approximate surface area is 89.6 Å². The minimum absolute atomic E-state index is 0.413. The van der Waals surface area contributed by atoms with Crippen LogP contribution in [0.5, 0.6) is 0 Å². The highest BCUT2D eigenvalue weighted by atomic mass is 16.7. The summed E-state index contributed by atoms with van der Waals surface area (Å²) in [6, 6.07) is 9.01. The number of benzene rings is 1. The molecule has 0 aliphatic carbocycles. The lowest BCUT2D eigenvalue weighted by Crippen LogP contribution is -2.37. The van der Waals surface area contributed by atoms with E-state index in [1.165, 1.54) is 5.06 Å². The average Bonchev–Trinajstić information content (AvgIpc) is 2.18. The van der Waals surface area contributed by atoms with Crippen LogP contribution in [0.25, 0.3) is 0 Å². The molecule has 0 saturated carbocycles. The predicted molar refractivity (Wildman–Crippen MR) is 57.9 cm³/mol. The third kappa shape index (κ3) is 4.10. The second kappa shape index (κ2) is 5.48. The molecule has 4 nitrogen and oxygen atoms in total. The van der Waals surface area contributed by atoms with Gasteiger partial charge in [0.1, 0.15) is 6.04 Å². The molecule has 0 heterocycles. The highest BCUT2D eigenvalue weighted by molar-refractivity contribution is 5.75. The third-order valence-corrected chi connectivity index (χ3v) is 1.87. The molecule has 0 saturated heterocycles. The zero-order valence-corrected chi connectivity index (χ0v) is 9.01. The van der Waals surface area contributed by atoms with Gasteiger partial charge in [-0.25, -0.2) is 4.79 Å². The molecular formula is C11H16N2O2. The average molecular weight is 208 g/mol. The van der Waals surface area contributed by atoms with E-state index in [1.807, 2.05) is 30.3 Å². The van der Waals surface area contributed by atoms with E-state index in [1.54, 1.807) is 14.1 Å². The van der Waals surface area contributed by atoms with Gasteiger partial charge in [0.05, 0.1) is 0 Å². The minimum atomic E-state index is -0.616. The number of rotatable bonds is 4. The number of hydrogen-bond donors (Lipinski definition) is 1. The summed E-state index contributed by atoms with van der Waals surface area (Å²) in [5, 5.41) is 1.34. The highest BCUT2D eigenvalue weighted by Gasteiger charge is 2.16. The van der Waals surface area contributed by atoms with E-state index in [-0.39, 0.29) is 0 Å². The summed E-state index contributed by atoms with van der Waals surface area (Å²) in [5.41, 5.74) is 6.72. The summed E-state index contributed by atoms with van der Waals surface area (Å²) < 4.78 is 0. The molecule has 0 aromatic heterocycles. The molecule has 82 valence electrons. The van der Waals surface area contributed by atoms with Gasteiger partial charge < -0.3 is 10.6 Å². The van der Waals surface area contributed by atoms with Gasteiger partial charge >= 0.3 is 5.97 Å². The van der Waals surface area contributed by atoms with E-state index >= 15 is 0 Å². The van der Waals surface area contributed by atoms with Crippen molar-refractivity contribution in [3.63, 3.8) is 0 Å². The molecule has 0 fully saturated rings. The Morgan fingerprint density at radius 1 is 1.40 bits per heavy atom. The Morgan fingerprint density at radius 2 is 2.00 bits per heavy atom. The molecule has 1 aromatic rings. The molecule has 2 N–H and O–H groups in total. The molecule has 0 spiro atoms. The molecule has 0 radical (unpaired) electrons. The van der Waals surface area contributed by atoms with Crippen molar-refractivity contribution in [1.29, 1.82) is 0 Å². The fourth-order valence-corrected chi connectivity index (χ4v) is 1.20. The Morgan fingerprint density at radius 3 is 2.53 bits per heavy atom. The van der Waals surface area contributed by atoms with Crippen LogP contribution < -0.4 is 5.73 Å². The zero-order chi connectivity index (χ0) is 11.3. The van der Waals surface area contributed by atoms with E-state index in [0.717, 1.165) is 5.56 Å². The molecule has 0 aliphatic rings. The van der Waals surface area contributed by atoms with Crippen molar-refractivity contribution in [1.82, 2.24) is 5.06 Å². The number of hydrogen-bond acceptors (Lipinski definition) is 4. The van der Waals surface area contributed by atoms with Crippen molar-refractivity contribution in [3.05, 3.63) is 35.9 Å². The topological polar surface area (TPSA) is 55.6 Å². The fourth-order valence-electron chi connectivity index (χ4n) is 1.20. The molecule has 1 aromatic carbocycles. The lowest BCUT2D eigenvalue weighted by Gasteiger charge is -2.14. The van der Waals surface area contributed by atoms with Gasteiger partial charge in [-0.2, -0.15) is 0 Å². The first-order valence-electron chi connectivity index (χ1n) is 4.78. The van der Waals surface area contributed by atoms with Crippen molar-refractivity contribution in [2.45, 2.75) is 12.5 Å². The number of carbonyl (C=O) groups excluding carboxylic acids is 1. The monoisotopic (exact) mass is 208 g/mol. The minimum Gasteiger partial charge on any atom is -0.367 e. The Bertz CT molecular complexity index is 312. The molecule has 1 atom stereocenters. The van der Waals surface area contributed by atoms with Crippen molar-refractivity contribution < 1.29 is 9.63 Å². The lowest BCUT2D eigenvalue weighted by atomic mass is 10.1. The number of nitrogens with zero attached hydrogens (tertiary/aromatic N) is 1. The fraction of sp³-hybridized carbons (Fsp3) is 0.364. The first kappa shape index (κ1) is 11.7. The van der Waals surface area contributed by atoms with Crippen molar-refractivity contribution in [2.75, 3.05) is 14.1 Å². The molecular weight excluding hydrogens is 192 g/mol. The van der Waals surface area contributed by atoms with Crippen LogP contribution in [0.1, 0.15) is 5.56 Å². The number of carbonyl (C=O) groups is 1. The van der Waals surface area contributed by atoms with Gasteiger partial charge in [0.25, 0.3) is 0 Å². The summed E-state index contributed by atoms with van der Waals surface area (Å²) >= 11 is 0. The zero-order valence-electron chi connectivity index (χ0n) is 9.01. The van der Waals surface area contributed by atoms with Gasteiger partial charge in [-0.05, 0) is 12.0 Å². The number of hydroxylamine groups is 2. The first-order valence-corrected chi connectivity index (χ1v) is 4.78. The molecule has 0 amide bonds. The van der Waals surface area contributed by atoms with Gasteiger partial charge in [-0.15, -0.1) is 5.06 Å². The second-order valence-electron chi connectivity index (χ2n) is 3.52. The second-order valence-corrected chi connectivity index (χ2v) is 3.52. The van der Waals surface area contributed by atoms with Crippen molar-refractivity contribution in [3.8, 4) is 0 Å². The highest BCUT2D eigenvalue weighted by Crippen LogP contribution is 2.03. The molecule has 4 heteroatoms. The maximum atomic E-state index is 11.4. The summed E-state index contributed by atoms with van der Waals surface area (Å²) in [6.45, 7) is 0. The van der Waals surface area contributed by atoms with Crippen LogP contribution in [0.2, 0.25) is 0 Å². The van der Waals surface area contributed by atoms with Crippen LogP contribution in [0.3, 0.4) is 0 Å². The molecule has 15 heavy (non-hydrogen) atoms. The smallest absolute Gasteiger partial charge is 0.342 e. The molecule has 0 bridgehead atoms. The van der Waals surface area contributed by atoms with Gasteiger partial charge in [0.15, 0.2) is 0 Å². The summed E-state index contributed by atoms with van der Waals surface area (Å²) in [6.07, 6.45) is 0.494. The molecule has 0 aliphatic heterocycles. The van der Waals surface area contributed by atoms with Crippen LogP contribution in [0.4, 0.5) is 0 Å². The summed E-state index contributed by atoms with van der Waals surface area (Å²) in [5.74, 6) is -0.413. The third-order valence-electron chi connectivity index (χ3n) is 1.87. The summed E-state index contributed by atoms with van der Waals surface area (Å²) in [4.78, 5) is 16.2. The quantitative estimate of drug-likeness (QED) is 0.735. The maximum absolute atomic E-state index is 11.4. The first-order chi connectivity index (χ1) is 7.09. The van der Waals surface area contributed by atoms with Crippen LogP contribution in [0, 0.1) is 0 Å². The van der Waals surface area contributed by atoms with Gasteiger partial charge in [-0.3, -0.25) is 0 Å². The Balaban J connectivity index is 2.49. The van der Waals surface area contributed by atoms with Crippen LogP contribution in [-0.2, 0) is 16.1 Å². The Kier molecular flexibility index (Phi) is 4.27. The van der Waals surface area contributed by atoms with E-state index in [2.05, 4.69) is 0 Å². The van der Waals surface area contributed by atoms with Crippen LogP contribution in [0.15, 0.2) is 30.3 Å². The Hall–Kier alpha value is -1.39. The predicted octanol–water partition coefficient (Wildman–Crippen LogP) is 0.576. The largest absolute Gasteiger partial charge is 0.367 e. The molecule has 0 unspecified atom stereocenters. The van der Waals surface area contributed by atoms with Crippen LogP contribution >= 0.6 is 0 Å². The number of nitrogens with two attached hydrogens (primary N) is 1.